The molecule has 1 saturated heterocycles. The highest BCUT2D eigenvalue weighted by molar-refractivity contribution is 5.82. The number of benzene rings is 2. The lowest BCUT2D eigenvalue weighted by molar-refractivity contribution is -0.142. The van der Waals surface area contributed by atoms with Crippen molar-refractivity contribution in [2.24, 2.45) is 17.8 Å². The Bertz CT molecular complexity index is 869. The molecule has 1 heterocycles. The van der Waals surface area contributed by atoms with Gasteiger partial charge in [-0.25, -0.2) is 0 Å². The van der Waals surface area contributed by atoms with E-state index in [1.54, 1.807) is 0 Å². The Morgan fingerprint density at radius 3 is 2.19 bits per heavy atom. The van der Waals surface area contributed by atoms with Gasteiger partial charge in [0.2, 0.25) is 0 Å². The summed E-state index contributed by atoms with van der Waals surface area (Å²) in [5.74, 6) is 1.31. The lowest BCUT2D eigenvalue weighted by Crippen LogP contribution is -2.44. The van der Waals surface area contributed by atoms with Gasteiger partial charge in [0, 0.05) is 38.6 Å². The first-order chi connectivity index (χ1) is 15.1. The number of likely N-dealkylation sites (N-methyl/N-ethyl adjacent to an activating group) is 1. The van der Waals surface area contributed by atoms with E-state index in [0.717, 1.165) is 38.0 Å². The lowest BCUT2D eigenvalue weighted by atomic mass is 9.80. The lowest BCUT2D eigenvalue weighted by Gasteiger charge is -2.32. The predicted molar refractivity (Wildman–Crippen MR) is 122 cm³/mol. The molecular weight excluding hydrogens is 384 g/mol. The quantitative estimate of drug-likeness (QED) is 0.741. The molecule has 4 unspecified atom stereocenters. The minimum Gasteiger partial charge on any atom is -0.383 e. The van der Waals surface area contributed by atoms with E-state index < -0.39 is 6.10 Å². The van der Waals surface area contributed by atoms with Gasteiger partial charge in [-0.05, 0) is 41.7 Å². The smallest absolute Gasteiger partial charge is 0.252 e. The fourth-order valence-electron chi connectivity index (χ4n) is 6.34. The maximum atomic E-state index is 13.4. The average molecular weight is 419 g/mol. The molecule has 0 radical (unpaired) electrons. The van der Waals surface area contributed by atoms with Crippen LogP contribution in [0.1, 0.15) is 42.7 Å². The molecule has 2 aromatic rings. The molecule has 3 aliphatic rings. The molecule has 2 saturated carbocycles. The van der Waals surface area contributed by atoms with Gasteiger partial charge in [0.15, 0.2) is 0 Å². The molecule has 0 bridgehead atoms. The number of rotatable bonds is 7. The fraction of sp³-hybridized carbons (Fsp3) is 0.519. The van der Waals surface area contributed by atoms with Gasteiger partial charge >= 0.3 is 0 Å². The summed E-state index contributed by atoms with van der Waals surface area (Å²) >= 11 is 0. The third-order valence-corrected chi connectivity index (χ3v) is 7.95. The molecular formula is C27H34N2O2. The van der Waals surface area contributed by atoms with Gasteiger partial charge in [0.05, 0.1) is 0 Å². The molecule has 1 N–H and O–H groups in total. The first-order valence-electron chi connectivity index (χ1n) is 11.9. The van der Waals surface area contributed by atoms with E-state index in [0.29, 0.717) is 17.8 Å². The van der Waals surface area contributed by atoms with Crippen LogP contribution in [0.2, 0.25) is 0 Å². The van der Waals surface area contributed by atoms with Gasteiger partial charge in [-0.3, -0.25) is 9.69 Å². The molecule has 4 nitrogen and oxygen atoms in total. The maximum absolute atomic E-state index is 13.4. The van der Waals surface area contributed by atoms with Crippen molar-refractivity contribution in [2.75, 3.05) is 20.1 Å². The van der Waals surface area contributed by atoms with Gasteiger partial charge in [0.25, 0.3) is 5.91 Å². The number of amides is 1. The molecule has 2 aromatic carbocycles. The van der Waals surface area contributed by atoms with Crippen LogP contribution in [0.4, 0.5) is 0 Å². The Morgan fingerprint density at radius 2 is 1.58 bits per heavy atom. The summed E-state index contributed by atoms with van der Waals surface area (Å²) in [5.41, 5.74) is 2.45. The first-order valence-corrected chi connectivity index (χ1v) is 11.9. The summed E-state index contributed by atoms with van der Waals surface area (Å²) in [5, 5.41) is 11.2. The van der Waals surface area contributed by atoms with Crippen molar-refractivity contribution in [1.29, 1.82) is 0 Å². The number of aliphatic hydroxyl groups excluding tert-OH is 1. The van der Waals surface area contributed by atoms with Gasteiger partial charge in [-0.2, -0.15) is 0 Å². The second kappa shape index (κ2) is 8.76. The van der Waals surface area contributed by atoms with Gasteiger partial charge in [-0.15, -0.1) is 0 Å². The van der Waals surface area contributed by atoms with Crippen molar-refractivity contribution >= 4 is 5.91 Å². The highest BCUT2D eigenvalue weighted by Gasteiger charge is 2.59. The maximum Gasteiger partial charge on any atom is 0.252 e. The first kappa shape index (κ1) is 20.7. The monoisotopic (exact) mass is 418 g/mol. The van der Waals surface area contributed by atoms with Crippen LogP contribution >= 0.6 is 0 Å². The Labute approximate surface area is 185 Å². The Hall–Kier alpha value is -2.17. The Morgan fingerprint density at radius 1 is 1.00 bits per heavy atom. The molecule has 31 heavy (non-hydrogen) atoms. The van der Waals surface area contributed by atoms with Gasteiger partial charge < -0.3 is 10.0 Å². The van der Waals surface area contributed by atoms with Gasteiger partial charge in [-0.1, -0.05) is 73.5 Å². The van der Waals surface area contributed by atoms with E-state index in [1.807, 2.05) is 30.1 Å². The van der Waals surface area contributed by atoms with Crippen molar-refractivity contribution in [1.82, 2.24) is 9.80 Å². The van der Waals surface area contributed by atoms with E-state index in [4.69, 9.17) is 0 Å². The minimum absolute atomic E-state index is 0.0882. The van der Waals surface area contributed by atoms with Crippen molar-refractivity contribution in [3.05, 3.63) is 71.8 Å². The van der Waals surface area contributed by atoms with Crippen molar-refractivity contribution in [2.45, 2.75) is 50.3 Å². The molecule has 1 amide bonds. The van der Waals surface area contributed by atoms with E-state index in [9.17, 15) is 9.90 Å². The van der Waals surface area contributed by atoms with E-state index >= 15 is 0 Å². The zero-order valence-corrected chi connectivity index (χ0v) is 18.4. The van der Waals surface area contributed by atoms with Crippen molar-refractivity contribution in [3.8, 4) is 0 Å². The van der Waals surface area contributed by atoms with Crippen LogP contribution in [-0.2, 0) is 11.3 Å². The van der Waals surface area contributed by atoms with Crippen LogP contribution in [-0.4, -0.2) is 53.1 Å². The third kappa shape index (κ3) is 4.16. The van der Waals surface area contributed by atoms with E-state index in [-0.39, 0.29) is 17.9 Å². The molecule has 164 valence electrons. The molecule has 1 aliphatic heterocycles. The zero-order valence-electron chi connectivity index (χ0n) is 18.4. The highest BCUT2D eigenvalue weighted by atomic mass is 16.3. The standard InChI is InChI=1S/C27H34N2O2/c1-28(25-22-17-29(18-23(22)25)16-19-10-4-2-5-11-19)27(31)26(30)24(21-14-8-9-15-21)20-12-6-3-7-13-20/h2-7,10-13,21-26,30H,8-9,14-18H2,1H3. The largest absolute Gasteiger partial charge is 0.383 e. The zero-order chi connectivity index (χ0) is 21.4. The van der Waals surface area contributed by atoms with Crippen LogP contribution in [0.25, 0.3) is 0 Å². The van der Waals surface area contributed by atoms with Crippen LogP contribution in [0.5, 0.6) is 0 Å². The number of nitrogens with zero attached hydrogens (tertiary/aromatic N) is 2. The van der Waals surface area contributed by atoms with E-state index in [1.165, 1.54) is 18.4 Å². The average Bonchev–Trinajstić information content (AvgIpc) is 3.15. The molecule has 5 rings (SSSR count). The number of aliphatic hydroxyl groups is 1. The van der Waals surface area contributed by atoms with Crippen molar-refractivity contribution < 1.29 is 9.90 Å². The SMILES string of the molecule is CN(C(=O)C(O)C(c1ccccc1)C1CCCC1)C1C2CN(Cc3ccccc3)CC21. The normalized spacial score (nSPS) is 27.6. The summed E-state index contributed by atoms with van der Waals surface area (Å²) < 4.78 is 0. The Balaban J connectivity index is 1.22. The topological polar surface area (TPSA) is 43.8 Å². The summed E-state index contributed by atoms with van der Waals surface area (Å²) in [7, 11) is 1.91. The molecule has 0 spiro atoms. The number of hydrogen-bond donors (Lipinski definition) is 1. The number of piperidine rings is 1. The number of likely N-dealkylation sites (tertiary alicyclic amines) is 1. The number of hydrogen-bond acceptors (Lipinski definition) is 3. The molecule has 0 aromatic heterocycles. The van der Waals surface area contributed by atoms with Crippen LogP contribution in [0.3, 0.4) is 0 Å². The number of fused-ring (bicyclic) bond motifs is 1. The predicted octanol–water partition coefficient (Wildman–Crippen LogP) is 3.91. The van der Waals surface area contributed by atoms with Gasteiger partial charge in [0.1, 0.15) is 6.10 Å². The second-order valence-corrected chi connectivity index (χ2v) is 9.87. The minimum atomic E-state index is -0.947. The molecule has 4 heteroatoms. The fourth-order valence-corrected chi connectivity index (χ4v) is 6.34. The molecule has 2 aliphatic carbocycles. The Kier molecular flexibility index (Phi) is 5.85. The summed E-state index contributed by atoms with van der Waals surface area (Å²) in [4.78, 5) is 17.7. The summed E-state index contributed by atoms with van der Waals surface area (Å²) in [6.07, 6.45) is 3.68. The third-order valence-electron chi connectivity index (χ3n) is 7.95. The summed E-state index contributed by atoms with van der Waals surface area (Å²) in [6.45, 7) is 3.07. The highest BCUT2D eigenvalue weighted by Crippen LogP contribution is 2.49. The van der Waals surface area contributed by atoms with E-state index in [2.05, 4.69) is 47.4 Å². The van der Waals surface area contributed by atoms with Crippen LogP contribution < -0.4 is 0 Å². The van der Waals surface area contributed by atoms with Crippen LogP contribution in [0, 0.1) is 17.8 Å². The van der Waals surface area contributed by atoms with Crippen LogP contribution in [0.15, 0.2) is 60.7 Å². The second-order valence-electron chi connectivity index (χ2n) is 9.87. The number of carbonyl (C=O) groups is 1. The molecule has 4 atom stereocenters. The number of carbonyl (C=O) groups excluding carboxylic acids is 1. The summed E-state index contributed by atoms with van der Waals surface area (Å²) in [6, 6.07) is 21.1. The molecule has 3 fully saturated rings. The van der Waals surface area contributed by atoms with Crippen molar-refractivity contribution in [3.63, 3.8) is 0 Å².